The third-order valence-corrected chi connectivity index (χ3v) is 2.85. The summed E-state index contributed by atoms with van der Waals surface area (Å²) >= 11 is 0. The van der Waals surface area contributed by atoms with Crippen molar-refractivity contribution in [2.75, 3.05) is 0 Å². The second kappa shape index (κ2) is 4.77. The smallest absolute Gasteiger partial charge is 0.330 e. The molecule has 0 fully saturated rings. The number of carbonyl (C=O) groups excluding carboxylic acids is 1. The van der Waals surface area contributed by atoms with Gasteiger partial charge in [0.1, 0.15) is 0 Å². The molecule has 0 spiro atoms. The highest BCUT2D eigenvalue weighted by atomic mass is 16.2. The molecular weight excluding hydrogens is 236 g/mol. The molecule has 1 rings (SSSR count). The van der Waals surface area contributed by atoms with Crippen LogP contribution in [0.15, 0.2) is 15.8 Å². The van der Waals surface area contributed by atoms with E-state index in [1.54, 1.807) is 20.9 Å². The van der Waals surface area contributed by atoms with Crippen molar-refractivity contribution < 1.29 is 4.79 Å². The molecule has 0 saturated carbocycles. The van der Waals surface area contributed by atoms with Gasteiger partial charge in [-0.2, -0.15) is 0 Å². The Kier molecular flexibility index (Phi) is 3.76. The van der Waals surface area contributed by atoms with Crippen molar-refractivity contribution >= 4 is 5.91 Å². The maximum absolute atomic E-state index is 11.8. The minimum absolute atomic E-state index is 0.163. The van der Waals surface area contributed by atoms with E-state index in [4.69, 9.17) is 5.73 Å². The summed E-state index contributed by atoms with van der Waals surface area (Å²) in [4.78, 5) is 34.4. The number of nitrogens with two attached hydrogens (primary N) is 1. The third-order valence-electron chi connectivity index (χ3n) is 2.85. The molecule has 1 aromatic rings. The predicted molar refractivity (Wildman–Crippen MR) is 67.0 cm³/mol. The van der Waals surface area contributed by atoms with Crippen LogP contribution in [0.25, 0.3) is 0 Å². The van der Waals surface area contributed by atoms with E-state index in [0.29, 0.717) is 5.56 Å². The summed E-state index contributed by atoms with van der Waals surface area (Å²) in [6.45, 7) is 3.42. The average molecular weight is 254 g/mol. The van der Waals surface area contributed by atoms with Gasteiger partial charge in [0.2, 0.25) is 5.91 Å². The first-order valence-corrected chi connectivity index (χ1v) is 5.47. The van der Waals surface area contributed by atoms with E-state index >= 15 is 0 Å². The van der Waals surface area contributed by atoms with Crippen LogP contribution in [0.1, 0.15) is 19.4 Å². The van der Waals surface area contributed by atoms with Crippen molar-refractivity contribution in [3.63, 3.8) is 0 Å². The molecule has 0 unspecified atom stereocenters. The molecule has 1 heterocycles. The molecule has 0 aliphatic heterocycles. The number of primary amides is 1. The molecule has 0 saturated heterocycles. The van der Waals surface area contributed by atoms with Crippen LogP contribution in [0.3, 0.4) is 0 Å². The SMILES string of the molecule is Cn1cc(CNC(C)(C)C(N)=O)c(=O)n(C)c1=O. The minimum atomic E-state index is -0.917. The van der Waals surface area contributed by atoms with Crippen LogP contribution in [0.2, 0.25) is 0 Å². The van der Waals surface area contributed by atoms with Gasteiger partial charge in [0.25, 0.3) is 5.56 Å². The zero-order valence-electron chi connectivity index (χ0n) is 11.0. The molecule has 0 aliphatic rings. The second-order valence-corrected chi connectivity index (χ2v) is 4.75. The lowest BCUT2D eigenvalue weighted by Gasteiger charge is -2.22. The van der Waals surface area contributed by atoms with E-state index in [1.807, 2.05) is 0 Å². The van der Waals surface area contributed by atoms with Gasteiger partial charge in [-0.25, -0.2) is 4.79 Å². The van der Waals surface area contributed by atoms with Gasteiger partial charge in [-0.3, -0.25) is 19.5 Å². The van der Waals surface area contributed by atoms with Gasteiger partial charge in [0.05, 0.1) is 5.54 Å². The summed E-state index contributed by atoms with van der Waals surface area (Å²) in [6.07, 6.45) is 1.45. The van der Waals surface area contributed by atoms with Crippen LogP contribution >= 0.6 is 0 Å². The molecule has 0 aromatic carbocycles. The van der Waals surface area contributed by atoms with Gasteiger partial charge >= 0.3 is 5.69 Å². The van der Waals surface area contributed by atoms with Crippen molar-refractivity contribution in [2.24, 2.45) is 19.8 Å². The first kappa shape index (κ1) is 14.2. The lowest BCUT2D eigenvalue weighted by atomic mass is 10.1. The monoisotopic (exact) mass is 254 g/mol. The predicted octanol–water partition coefficient (Wildman–Crippen LogP) is -1.56. The Labute approximate surface area is 104 Å². The Hall–Kier alpha value is -1.89. The normalized spacial score (nSPS) is 11.6. The first-order valence-electron chi connectivity index (χ1n) is 5.47. The molecule has 0 aliphatic carbocycles. The molecule has 7 nitrogen and oxygen atoms in total. The summed E-state index contributed by atoms with van der Waals surface area (Å²) in [5.74, 6) is -0.510. The van der Waals surface area contributed by atoms with E-state index in [9.17, 15) is 14.4 Å². The number of carbonyl (C=O) groups is 1. The second-order valence-electron chi connectivity index (χ2n) is 4.75. The molecule has 100 valence electrons. The van der Waals surface area contributed by atoms with Crippen molar-refractivity contribution in [3.8, 4) is 0 Å². The van der Waals surface area contributed by atoms with Crippen LogP contribution in [-0.4, -0.2) is 20.6 Å². The van der Waals surface area contributed by atoms with Gasteiger partial charge in [0.15, 0.2) is 0 Å². The highest BCUT2D eigenvalue weighted by molar-refractivity contribution is 5.83. The maximum atomic E-state index is 11.8. The Morgan fingerprint density at radius 3 is 2.44 bits per heavy atom. The summed E-state index contributed by atoms with van der Waals surface area (Å²) in [5, 5.41) is 2.89. The average Bonchev–Trinajstić information content (AvgIpc) is 2.29. The number of hydrogen-bond donors (Lipinski definition) is 2. The van der Waals surface area contributed by atoms with Crippen LogP contribution in [0, 0.1) is 0 Å². The molecule has 1 aromatic heterocycles. The highest BCUT2D eigenvalue weighted by Crippen LogP contribution is 2.01. The number of aryl methyl sites for hydroxylation is 1. The third kappa shape index (κ3) is 2.67. The van der Waals surface area contributed by atoms with Crippen LogP contribution in [0.5, 0.6) is 0 Å². The molecule has 0 atom stereocenters. The maximum Gasteiger partial charge on any atom is 0.330 e. The number of nitrogens with one attached hydrogen (secondary N) is 1. The van der Waals surface area contributed by atoms with E-state index in [0.717, 1.165) is 4.57 Å². The van der Waals surface area contributed by atoms with Crippen LogP contribution < -0.4 is 22.3 Å². The Morgan fingerprint density at radius 1 is 1.39 bits per heavy atom. The molecule has 7 heteroatoms. The molecule has 18 heavy (non-hydrogen) atoms. The quantitative estimate of drug-likeness (QED) is 0.678. The largest absolute Gasteiger partial charge is 0.368 e. The van der Waals surface area contributed by atoms with E-state index < -0.39 is 17.1 Å². The zero-order valence-corrected chi connectivity index (χ0v) is 11.0. The molecule has 0 radical (unpaired) electrons. The van der Waals surface area contributed by atoms with Gasteiger partial charge in [-0.05, 0) is 13.8 Å². The molecule has 3 N–H and O–H groups in total. The first-order chi connectivity index (χ1) is 8.16. The van der Waals surface area contributed by atoms with Gasteiger partial charge < -0.3 is 10.3 Å². The van der Waals surface area contributed by atoms with Crippen molar-refractivity contribution in [1.82, 2.24) is 14.5 Å². The van der Waals surface area contributed by atoms with E-state index in [2.05, 4.69) is 5.32 Å². The van der Waals surface area contributed by atoms with Gasteiger partial charge in [0, 0.05) is 32.4 Å². The number of aromatic nitrogens is 2. The van der Waals surface area contributed by atoms with Crippen LogP contribution in [0.4, 0.5) is 0 Å². The summed E-state index contributed by atoms with van der Waals surface area (Å²) in [7, 11) is 2.97. The Bertz CT molecular complexity index is 583. The zero-order chi connectivity index (χ0) is 14.1. The standard InChI is InChI=1S/C11H18N4O3/c1-11(2,9(12)17)13-5-7-6-14(3)10(18)15(4)8(7)16/h6,13H,5H2,1-4H3,(H2,12,17). The van der Waals surface area contributed by atoms with Gasteiger partial charge in [-0.15, -0.1) is 0 Å². The minimum Gasteiger partial charge on any atom is -0.368 e. The summed E-state index contributed by atoms with van der Waals surface area (Å²) < 4.78 is 2.34. The lowest BCUT2D eigenvalue weighted by molar-refractivity contribution is -0.123. The lowest BCUT2D eigenvalue weighted by Crippen LogP contribution is -2.51. The van der Waals surface area contributed by atoms with Gasteiger partial charge in [-0.1, -0.05) is 0 Å². The fourth-order valence-electron chi connectivity index (χ4n) is 1.41. The number of amides is 1. The van der Waals surface area contributed by atoms with Crippen LogP contribution in [-0.2, 0) is 25.4 Å². The Balaban J connectivity index is 3.05. The molecule has 0 bridgehead atoms. The molecular formula is C11H18N4O3. The van der Waals surface area contributed by atoms with E-state index in [-0.39, 0.29) is 12.1 Å². The topological polar surface area (TPSA) is 99.1 Å². The van der Waals surface area contributed by atoms with Crippen molar-refractivity contribution in [3.05, 3.63) is 32.6 Å². The summed E-state index contributed by atoms with van der Waals surface area (Å²) in [5.41, 5.74) is 3.92. The fraction of sp³-hybridized carbons (Fsp3) is 0.545. The fourth-order valence-corrected chi connectivity index (χ4v) is 1.41. The van der Waals surface area contributed by atoms with E-state index in [1.165, 1.54) is 17.8 Å². The number of nitrogens with zero attached hydrogens (tertiary/aromatic N) is 2. The number of hydrogen-bond acceptors (Lipinski definition) is 4. The van der Waals surface area contributed by atoms with Crippen molar-refractivity contribution in [2.45, 2.75) is 25.9 Å². The summed E-state index contributed by atoms with van der Waals surface area (Å²) in [6, 6.07) is 0. The van der Waals surface area contributed by atoms with Crippen molar-refractivity contribution in [1.29, 1.82) is 0 Å². The molecule has 1 amide bonds. The highest BCUT2D eigenvalue weighted by Gasteiger charge is 2.24. The number of rotatable bonds is 4. The Morgan fingerprint density at radius 2 is 1.94 bits per heavy atom.